The van der Waals surface area contributed by atoms with Crippen LogP contribution in [0.1, 0.15) is 10.4 Å². The summed E-state index contributed by atoms with van der Waals surface area (Å²) in [5, 5.41) is 20.0. The van der Waals surface area contributed by atoms with Gasteiger partial charge in [0.25, 0.3) is 0 Å². The van der Waals surface area contributed by atoms with Gasteiger partial charge in [-0.2, -0.15) is 0 Å². The number of benzene rings is 2. The second kappa shape index (κ2) is 7.01. The number of thiazole rings is 1. The molecule has 4 rings (SSSR count). The molecule has 0 radical (unpaired) electrons. The summed E-state index contributed by atoms with van der Waals surface area (Å²) in [5.41, 5.74) is 3.19. The molecule has 0 saturated heterocycles. The van der Waals surface area contributed by atoms with Crippen molar-refractivity contribution in [2.24, 2.45) is 0 Å². The van der Waals surface area contributed by atoms with E-state index in [9.17, 15) is 15.0 Å². The Labute approximate surface area is 159 Å². The van der Waals surface area contributed by atoms with Crippen molar-refractivity contribution in [3.05, 3.63) is 78.6 Å². The lowest BCUT2D eigenvalue weighted by Gasteiger charge is -2.05. The van der Waals surface area contributed by atoms with Crippen LogP contribution < -0.4 is 0 Å². The average Bonchev–Trinajstić information content (AvgIpc) is 3.15. The maximum atomic E-state index is 11.4. The van der Waals surface area contributed by atoms with Gasteiger partial charge in [-0.05, 0) is 35.9 Å². The van der Waals surface area contributed by atoms with E-state index in [4.69, 9.17) is 4.98 Å². The largest absolute Gasteiger partial charge is 0.507 e. The lowest BCUT2D eigenvalue weighted by Crippen LogP contribution is -1.97. The van der Waals surface area contributed by atoms with Crippen LogP contribution in [0.15, 0.2) is 73.1 Å². The molecule has 0 spiro atoms. The summed E-state index contributed by atoms with van der Waals surface area (Å²) < 4.78 is 0. The molecule has 5 nitrogen and oxygen atoms in total. The lowest BCUT2D eigenvalue weighted by atomic mass is 10.0. The van der Waals surface area contributed by atoms with E-state index in [0.29, 0.717) is 5.56 Å². The molecule has 6 heteroatoms. The maximum Gasteiger partial charge on any atom is 0.339 e. The highest BCUT2D eigenvalue weighted by Crippen LogP contribution is 2.41. The first kappa shape index (κ1) is 16.9. The predicted molar refractivity (Wildman–Crippen MR) is 105 cm³/mol. The van der Waals surface area contributed by atoms with E-state index in [2.05, 4.69) is 4.98 Å². The molecule has 0 aliphatic rings. The molecule has 2 aromatic carbocycles. The summed E-state index contributed by atoms with van der Waals surface area (Å²) in [6.07, 6.45) is 3.39. The van der Waals surface area contributed by atoms with Crippen molar-refractivity contribution in [1.82, 2.24) is 9.97 Å². The van der Waals surface area contributed by atoms with Crippen molar-refractivity contribution in [2.75, 3.05) is 0 Å². The van der Waals surface area contributed by atoms with E-state index in [1.165, 1.54) is 23.5 Å². The number of nitrogens with zero attached hydrogens (tertiary/aromatic N) is 2. The molecule has 0 amide bonds. The normalized spacial score (nSPS) is 10.7. The summed E-state index contributed by atoms with van der Waals surface area (Å²) in [4.78, 5) is 21.1. The molecule has 2 N–H and O–H groups in total. The zero-order valence-corrected chi connectivity index (χ0v) is 14.9. The van der Waals surface area contributed by atoms with Crippen LogP contribution in [0.25, 0.3) is 32.3 Å². The zero-order valence-electron chi connectivity index (χ0n) is 14.0. The Bertz CT molecular complexity index is 1110. The first-order chi connectivity index (χ1) is 13.1. The number of aromatic hydroxyl groups is 1. The number of rotatable bonds is 4. The van der Waals surface area contributed by atoms with Gasteiger partial charge in [0.1, 0.15) is 16.3 Å². The molecule has 2 heterocycles. The Morgan fingerprint density at radius 1 is 0.889 bits per heavy atom. The van der Waals surface area contributed by atoms with Crippen molar-refractivity contribution < 1.29 is 15.0 Å². The molecule has 0 aliphatic heterocycles. The molecule has 27 heavy (non-hydrogen) atoms. The van der Waals surface area contributed by atoms with Gasteiger partial charge in [0.05, 0.1) is 10.6 Å². The summed E-state index contributed by atoms with van der Waals surface area (Å²) >= 11 is 1.48. The SMILES string of the molecule is O=C(O)c1cc(-c2sc(-c3ccccc3)nc2-c2ccncc2)ccc1O. The van der Waals surface area contributed by atoms with E-state index < -0.39 is 5.97 Å². The van der Waals surface area contributed by atoms with Gasteiger partial charge in [0.2, 0.25) is 0 Å². The number of carboxylic acid groups (broad SMARTS) is 1. The summed E-state index contributed by atoms with van der Waals surface area (Å²) in [5.74, 6) is -1.43. The summed E-state index contributed by atoms with van der Waals surface area (Å²) in [6.45, 7) is 0. The van der Waals surface area contributed by atoms with Gasteiger partial charge >= 0.3 is 5.97 Å². The molecule has 4 aromatic rings. The Balaban J connectivity index is 1.93. The van der Waals surface area contributed by atoms with Gasteiger partial charge in [0, 0.05) is 23.5 Å². The fourth-order valence-corrected chi connectivity index (χ4v) is 3.86. The van der Waals surface area contributed by atoms with Crippen molar-refractivity contribution in [3.63, 3.8) is 0 Å². The van der Waals surface area contributed by atoms with E-state index in [-0.39, 0.29) is 11.3 Å². The van der Waals surface area contributed by atoms with Crippen LogP contribution in [0.3, 0.4) is 0 Å². The topological polar surface area (TPSA) is 83.3 Å². The van der Waals surface area contributed by atoms with Crippen molar-refractivity contribution in [2.45, 2.75) is 0 Å². The molecule has 0 aliphatic carbocycles. The summed E-state index contributed by atoms with van der Waals surface area (Å²) in [6, 6.07) is 18.1. The predicted octanol–water partition coefficient (Wildman–Crippen LogP) is 4.94. The van der Waals surface area contributed by atoms with Gasteiger partial charge in [-0.25, -0.2) is 9.78 Å². The number of hydrogen-bond donors (Lipinski definition) is 2. The fourth-order valence-electron chi connectivity index (χ4n) is 2.77. The standard InChI is InChI=1S/C21H14N2O3S/c24-17-7-6-15(12-16(17)21(25)26)19-18(13-8-10-22-11-9-13)23-20(27-19)14-4-2-1-3-5-14/h1-12,24H,(H,25,26). The highest BCUT2D eigenvalue weighted by atomic mass is 32.1. The van der Waals surface area contributed by atoms with Gasteiger partial charge < -0.3 is 10.2 Å². The highest BCUT2D eigenvalue weighted by molar-refractivity contribution is 7.19. The van der Waals surface area contributed by atoms with Crippen LogP contribution in [0.2, 0.25) is 0 Å². The van der Waals surface area contributed by atoms with Crippen LogP contribution >= 0.6 is 11.3 Å². The van der Waals surface area contributed by atoms with E-state index in [1.54, 1.807) is 18.5 Å². The van der Waals surface area contributed by atoms with Crippen molar-refractivity contribution in [1.29, 1.82) is 0 Å². The molecule has 0 fully saturated rings. The summed E-state index contributed by atoms with van der Waals surface area (Å²) in [7, 11) is 0. The molecule has 0 unspecified atom stereocenters. The molecule has 0 atom stereocenters. The van der Waals surface area contributed by atoms with E-state index in [1.807, 2.05) is 42.5 Å². The number of aromatic nitrogens is 2. The number of carboxylic acids is 1. The quantitative estimate of drug-likeness (QED) is 0.528. The van der Waals surface area contributed by atoms with Crippen LogP contribution in [-0.4, -0.2) is 26.2 Å². The third kappa shape index (κ3) is 3.30. The van der Waals surface area contributed by atoms with Crippen molar-refractivity contribution in [3.8, 4) is 38.0 Å². The van der Waals surface area contributed by atoms with Gasteiger partial charge in [-0.3, -0.25) is 4.98 Å². The number of carbonyl (C=O) groups is 1. The minimum Gasteiger partial charge on any atom is -0.507 e. The molecule has 132 valence electrons. The van der Waals surface area contributed by atoms with Crippen LogP contribution in [0, 0.1) is 0 Å². The number of aromatic carboxylic acids is 1. The van der Waals surface area contributed by atoms with Crippen LogP contribution in [0.4, 0.5) is 0 Å². The Morgan fingerprint density at radius 3 is 2.33 bits per heavy atom. The van der Waals surface area contributed by atoms with E-state index >= 15 is 0 Å². The minimum atomic E-state index is -1.17. The third-order valence-electron chi connectivity index (χ3n) is 4.09. The molecular weight excluding hydrogens is 360 g/mol. The number of phenols is 1. The average molecular weight is 374 g/mol. The maximum absolute atomic E-state index is 11.4. The van der Waals surface area contributed by atoms with Crippen LogP contribution in [-0.2, 0) is 0 Å². The molecule has 0 saturated carbocycles. The minimum absolute atomic E-state index is 0.136. The zero-order chi connectivity index (χ0) is 18.8. The van der Waals surface area contributed by atoms with Gasteiger partial charge in [-0.1, -0.05) is 30.3 Å². The molecular formula is C21H14N2O3S. The first-order valence-corrected chi connectivity index (χ1v) is 8.98. The number of pyridine rings is 1. The highest BCUT2D eigenvalue weighted by Gasteiger charge is 2.18. The Kier molecular flexibility index (Phi) is 4.40. The lowest BCUT2D eigenvalue weighted by molar-refractivity contribution is 0.0694. The molecule has 2 aromatic heterocycles. The monoisotopic (exact) mass is 374 g/mol. The smallest absolute Gasteiger partial charge is 0.339 e. The van der Waals surface area contributed by atoms with Crippen molar-refractivity contribution >= 4 is 17.3 Å². The Hall–Kier alpha value is -3.51. The fraction of sp³-hybridized carbons (Fsp3) is 0. The second-order valence-corrected chi connectivity index (χ2v) is 6.83. The second-order valence-electron chi connectivity index (χ2n) is 5.84. The Morgan fingerprint density at radius 2 is 1.63 bits per heavy atom. The van der Waals surface area contributed by atoms with Gasteiger partial charge in [0.15, 0.2) is 0 Å². The first-order valence-electron chi connectivity index (χ1n) is 8.17. The number of hydrogen-bond acceptors (Lipinski definition) is 5. The van der Waals surface area contributed by atoms with E-state index in [0.717, 1.165) is 26.7 Å². The molecule has 0 bridgehead atoms. The van der Waals surface area contributed by atoms with Gasteiger partial charge in [-0.15, -0.1) is 11.3 Å². The van der Waals surface area contributed by atoms with Crippen LogP contribution in [0.5, 0.6) is 5.75 Å². The third-order valence-corrected chi connectivity index (χ3v) is 5.24.